The van der Waals surface area contributed by atoms with Crippen molar-refractivity contribution in [1.29, 1.82) is 0 Å². The molecule has 5 nitrogen and oxygen atoms in total. The van der Waals surface area contributed by atoms with Crippen molar-refractivity contribution in [3.05, 3.63) is 70.7 Å². The van der Waals surface area contributed by atoms with Crippen molar-refractivity contribution in [2.24, 2.45) is 0 Å². The van der Waals surface area contributed by atoms with Gasteiger partial charge in [0.05, 0.1) is 4.90 Å². The van der Waals surface area contributed by atoms with Crippen LogP contribution in [0.15, 0.2) is 64.5 Å². The van der Waals surface area contributed by atoms with Crippen molar-refractivity contribution in [3.63, 3.8) is 0 Å². The Kier molecular flexibility index (Phi) is 5.93. The van der Waals surface area contributed by atoms with Crippen molar-refractivity contribution in [1.82, 2.24) is 4.72 Å². The average molecular weight is 409 g/mol. The molecule has 0 heterocycles. The largest absolute Gasteiger partial charge is 0.322 e. The fraction of sp³-hybridized carbons (Fsp3) is 0.118. The van der Waals surface area contributed by atoms with Crippen LogP contribution in [0.1, 0.15) is 15.9 Å². The van der Waals surface area contributed by atoms with Crippen LogP contribution in [0.25, 0.3) is 0 Å². The second-order valence-electron chi connectivity index (χ2n) is 5.08. The summed E-state index contributed by atoms with van der Waals surface area (Å²) >= 11 is 3.39. The van der Waals surface area contributed by atoms with Gasteiger partial charge in [-0.3, -0.25) is 4.79 Å². The van der Waals surface area contributed by atoms with E-state index in [0.717, 1.165) is 10.0 Å². The first-order valence-electron chi connectivity index (χ1n) is 7.11. The van der Waals surface area contributed by atoms with Crippen molar-refractivity contribution in [2.75, 3.05) is 11.9 Å². The van der Waals surface area contributed by atoms with Crippen LogP contribution in [0.5, 0.6) is 0 Å². The molecule has 24 heavy (non-hydrogen) atoms. The summed E-state index contributed by atoms with van der Waals surface area (Å²) in [5, 5.41) is 2.74. The van der Waals surface area contributed by atoms with Gasteiger partial charge in [0, 0.05) is 22.3 Å². The van der Waals surface area contributed by atoms with Gasteiger partial charge in [-0.2, -0.15) is 0 Å². The second-order valence-corrected chi connectivity index (χ2v) is 7.70. The summed E-state index contributed by atoms with van der Waals surface area (Å²) in [5.74, 6) is -0.268. The zero-order chi connectivity index (χ0) is 17.7. The molecule has 0 aliphatic carbocycles. The molecular weight excluding hydrogens is 392 g/mol. The molecule has 126 valence electrons. The molecule has 7 heteroatoms. The van der Waals surface area contributed by atoms with Crippen molar-refractivity contribution in [2.45, 2.75) is 11.8 Å². The molecule has 0 aliphatic rings. The summed E-state index contributed by atoms with van der Waals surface area (Å²) < 4.78 is 27.2. The molecule has 1 amide bonds. The molecular formula is C17H17BrN2O3S. The molecule has 2 aromatic rings. The molecule has 0 spiro atoms. The Balaban J connectivity index is 2.12. The number of hydrogen-bond acceptors (Lipinski definition) is 3. The van der Waals surface area contributed by atoms with Crippen LogP contribution in [-0.4, -0.2) is 20.9 Å². The smallest absolute Gasteiger partial charge is 0.255 e. The number of rotatable bonds is 6. The second kappa shape index (κ2) is 7.74. The van der Waals surface area contributed by atoms with Crippen LogP contribution in [0.3, 0.4) is 0 Å². The first-order valence-corrected chi connectivity index (χ1v) is 9.39. The Bertz CT molecular complexity index is 862. The number of aryl methyl sites for hydroxylation is 1. The van der Waals surface area contributed by atoms with Crippen LogP contribution in [0.4, 0.5) is 5.69 Å². The SMILES string of the molecule is C=CCNS(=O)(=O)c1ccc(NC(=O)c2ccc(C)c(Br)c2)cc1. The minimum absolute atomic E-state index is 0.125. The topological polar surface area (TPSA) is 75.3 Å². The van der Waals surface area contributed by atoms with Crippen LogP contribution < -0.4 is 10.0 Å². The minimum Gasteiger partial charge on any atom is -0.322 e. The van der Waals surface area contributed by atoms with Crippen molar-refractivity contribution in [3.8, 4) is 0 Å². The first kappa shape index (κ1) is 18.4. The van der Waals surface area contributed by atoms with Gasteiger partial charge in [-0.1, -0.05) is 28.1 Å². The average Bonchev–Trinajstić information content (AvgIpc) is 2.56. The molecule has 2 rings (SSSR count). The van der Waals surface area contributed by atoms with E-state index in [2.05, 4.69) is 32.5 Å². The lowest BCUT2D eigenvalue weighted by Gasteiger charge is -2.08. The van der Waals surface area contributed by atoms with Crippen molar-refractivity contribution >= 4 is 37.5 Å². The first-order chi connectivity index (χ1) is 11.3. The number of anilines is 1. The van der Waals surface area contributed by atoms with E-state index in [1.54, 1.807) is 24.3 Å². The maximum atomic E-state index is 12.2. The molecule has 0 aliphatic heterocycles. The number of carbonyl (C=O) groups is 1. The summed E-state index contributed by atoms with van der Waals surface area (Å²) in [6.07, 6.45) is 1.46. The molecule has 0 unspecified atom stereocenters. The van der Waals surface area contributed by atoms with Gasteiger partial charge in [0.2, 0.25) is 10.0 Å². The highest BCUT2D eigenvalue weighted by atomic mass is 79.9. The van der Waals surface area contributed by atoms with Gasteiger partial charge in [-0.05, 0) is 48.9 Å². The lowest BCUT2D eigenvalue weighted by Crippen LogP contribution is -2.23. The maximum absolute atomic E-state index is 12.2. The van der Waals surface area contributed by atoms with E-state index < -0.39 is 10.0 Å². The zero-order valence-corrected chi connectivity index (χ0v) is 15.4. The van der Waals surface area contributed by atoms with Gasteiger partial charge in [0.15, 0.2) is 0 Å². The Hall–Kier alpha value is -1.96. The van der Waals surface area contributed by atoms with E-state index in [9.17, 15) is 13.2 Å². The summed E-state index contributed by atoms with van der Waals surface area (Å²) in [6.45, 7) is 5.56. The molecule has 2 N–H and O–H groups in total. The number of nitrogens with one attached hydrogen (secondary N) is 2. The van der Waals surface area contributed by atoms with Gasteiger partial charge in [0.25, 0.3) is 5.91 Å². The molecule has 2 aromatic carbocycles. The third kappa shape index (κ3) is 4.53. The highest BCUT2D eigenvalue weighted by molar-refractivity contribution is 9.10. The van der Waals surface area contributed by atoms with Crippen LogP contribution in [0, 0.1) is 6.92 Å². The quantitative estimate of drug-likeness (QED) is 0.718. The van der Waals surface area contributed by atoms with E-state index in [1.165, 1.54) is 18.2 Å². The van der Waals surface area contributed by atoms with Crippen LogP contribution in [-0.2, 0) is 10.0 Å². The number of amides is 1. The zero-order valence-electron chi connectivity index (χ0n) is 13.0. The maximum Gasteiger partial charge on any atom is 0.255 e. The third-order valence-electron chi connectivity index (χ3n) is 3.27. The van der Waals surface area contributed by atoms with Gasteiger partial charge in [-0.25, -0.2) is 13.1 Å². The third-order valence-corrected chi connectivity index (χ3v) is 5.57. The lowest BCUT2D eigenvalue weighted by molar-refractivity contribution is 0.102. The summed E-state index contributed by atoms with van der Waals surface area (Å²) in [6, 6.07) is 11.3. The fourth-order valence-electron chi connectivity index (χ4n) is 1.91. The number of benzene rings is 2. The normalized spacial score (nSPS) is 11.1. The Morgan fingerprint density at radius 1 is 1.21 bits per heavy atom. The van der Waals surface area contributed by atoms with Gasteiger partial charge < -0.3 is 5.32 Å². The number of sulfonamides is 1. The van der Waals surface area contributed by atoms with E-state index in [-0.39, 0.29) is 17.3 Å². The van der Waals surface area contributed by atoms with E-state index in [1.807, 2.05) is 13.0 Å². The Morgan fingerprint density at radius 2 is 1.88 bits per heavy atom. The number of halogens is 1. The van der Waals surface area contributed by atoms with Crippen LogP contribution >= 0.6 is 15.9 Å². The molecule has 0 fully saturated rings. The highest BCUT2D eigenvalue weighted by Crippen LogP contribution is 2.19. The van der Waals surface area contributed by atoms with E-state index in [4.69, 9.17) is 0 Å². The predicted octanol–water partition coefficient (Wildman–Crippen LogP) is 3.47. The van der Waals surface area contributed by atoms with Crippen molar-refractivity contribution < 1.29 is 13.2 Å². The molecule has 0 atom stereocenters. The standard InChI is InChI=1S/C17H17BrN2O3S/c1-3-10-19-24(22,23)15-8-6-14(7-9-15)20-17(21)13-5-4-12(2)16(18)11-13/h3-9,11,19H,1,10H2,2H3,(H,20,21). The number of hydrogen-bond donors (Lipinski definition) is 2. The molecule has 0 aromatic heterocycles. The van der Waals surface area contributed by atoms with Crippen LogP contribution in [0.2, 0.25) is 0 Å². The minimum atomic E-state index is -3.57. The molecule has 0 radical (unpaired) electrons. The Morgan fingerprint density at radius 3 is 2.46 bits per heavy atom. The monoisotopic (exact) mass is 408 g/mol. The van der Waals surface area contributed by atoms with Gasteiger partial charge in [-0.15, -0.1) is 6.58 Å². The fourth-order valence-corrected chi connectivity index (χ4v) is 3.28. The molecule has 0 bridgehead atoms. The summed E-state index contributed by atoms with van der Waals surface area (Å²) in [5.41, 5.74) is 2.06. The highest BCUT2D eigenvalue weighted by Gasteiger charge is 2.13. The van der Waals surface area contributed by atoms with Gasteiger partial charge in [0.1, 0.15) is 0 Å². The lowest BCUT2D eigenvalue weighted by atomic mass is 10.1. The number of carbonyl (C=O) groups excluding carboxylic acids is 1. The Labute approximate surface area is 150 Å². The summed E-state index contributed by atoms with van der Waals surface area (Å²) in [7, 11) is -3.57. The van der Waals surface area contributed by atoms with E-state index in [0.29, 0.717) is 11.3 Å². The predicted molar refractivity (Wildman–Crippen MR) is 98.7 cm³/mol. The molecule has 0 saturated carbocycles. The van der Waals surface area contributed by atoms with E-state index >= 15 is 0 Å². The van der Waals surface area contributed by atoms with Gasteiger partial charge >= 0.3 is 0 Å². The summed E-state index contributed by atoms with van der Waals surface area (Å²) in [4.78, 5) is 12.4. The molecule has 0 saturated heterocycles.